The molecule has 0 amide bonds. The lowest BCUT2D eigenvalue weighted by atomic mass is 10.2. The van der Waals surface area contributed by atoms with Gasteiger partial charge in [-0.1, -0.05) is 23.7 Å². The van der Waals surface area contributed by atoms with Gasteiger partial charge in [0, 0.05) is 36.0 Å². The van der Waals surface area contributed by atoms with Crippen molar-refractivity contribution < 1.29 is 0 Å². The van der Waals surface area contributed by atoms with Crippen LogP contribution in [0.2, 0.25) is 5.02 Å². The van der Waals surface area contributed by atoms with Gasteiger partial charge in [-0.05, 0) is 54.8 Å². The third-order valence-corrected chi connectivity index (χ3v) is 3.96. The van der Waals surface area contributed by atoms with Crippen LogP contribution in [0.25, 0.3) is 0 Å². The fourth-order valence-electron chi connectivity index (χ4n) is 2.62. The van der Waals surface area contributed by atoms with E-state index in [1.54, 1.807) is 0 Å². The minimum absolute atomic E-state index is 0.786. The molecule has 0 spiro atoms. The number of nitrogens with zero attached hydrogens (tertiary/aromatic N) is 1. The molecule has 1 N–H and O–H groups in total. The van der Waals surface area contributed by atoms with E-state index in [0.717, 1.165) is 17.3 Å². The highest BCUT2D eigenvalue weighted by Crippen LogP contribution is 2.22. The summed E-state index contributed by atoms with van der Waals surface area (Å²) < 4.78 is 0. The van der Waals surface area contributed by atoms with Crippen molar-refractivity contribution in [1.29, 1.82) is 0 Å². The van der Waals surface area contributed by atoms with E-state index in [1.165, 1.54) is 37.2 Å². The molecule has 3 rings (SSSR count). The summed E-state index contributed by atoms with van der Waals surface area (Å²) >= 11 is 5.99. The molecule has 2 aromatic rings. The minimum atomic E-state index is 0.786. The van der Waals surface area contributed by atoms with Crippen molar-refractivity contribution in [2.24, 2.45) is 0 Å². The maximum Gasteiger partial charge on any atom is 0.0409 e. The Labute approximate surface area is 125 Å². The van der Waals surface area contributed by atoms with Gasteiger partial charge >= 0.3 is 0 Å². The molecule has 0 atom stereocenters. The van der Waals surface area contributed by atoms with Gasteiger partial charge in [0.2, 0.25) is 0 Å². The van der Waals surface area contributed by atoms with Crippen LogP contribution in [0.3, 0.4) is 0 Å². The lowest BCUT2D eigenvalue weighted by Gasteiger charge is -2.18. The third-order valence-electron chi connectivity index (χ3n) is 3.72. The van der Waals surface area contributed by atoms with Crippen LogP contribution in [0.4, 0.5) is 11.4 Å². The molecule has 1 aliphatic rings. The molecule has 0 bridgehead atoms. The van der Waals surface area contributed by atoms with Crippen molar-refractivity contribution in [1.82, 2.24) is 0 Å². The van der Waals surface area contributed by atoms with Crippen molar-refractivity contribution in [2.75, 3.05) is 23.3 Å². The zero-order valence-corrected chi connectivity index (χ0v) is 12.2. The molecule has 1 fully saturated rings. The van der Waals surface area contributed by atoms with Crippen LogP contribution in [0.15, 0.2) is 48.5 Å². The van der Waals surface area contributed by atoms with Crippen LogP contribution < -0.4 is 10.2 Å². The second-order valence-corrected chi connectivity index (χ2v) is 5.66. The van der Waals surface area contributed by atoms with Crippen molar-refractivity contribution >= 4 is 23.0 Å². The summed E-state index contributed by atoms with van der Waals surface area (Å²) in [4.78, 5) is 2.45. The predicted octanol–water partition coefficient (Wildman–Crippen LogP) is 4.55. The fraction of sp³-hybridized carbons (Fsp3) is 0.294. The van der Waals surface area contributed by atoms with E-state index < -0.39 is 0 Å². The Balaban J connectivity index is 1.60. The number of hydrogen-bond acceptors (Lipinski definition) is 2. The molecule has 2 nitrogen and oxygen atoms in total. The van der Waals surface area contributed by atoms with Crippen molar-refractivity contribution in [3.63, 3.8) is 0 Å². The first-order valence-electron chi connectivity index (χ1n) is 7.14. The van der Waals surface area contributed by atoms with E-state index in [2.05, 4.69) is 40.5 Å². The molecule has 104 valence electrons. The normalized spacial score (nSPS) is 14.6. The third kappa shape index (κ3) is 3.26. The second-order valence-electron chi connectivity index (χ2n) is 5.22. The standard InChI is InChI=1S/C17H19ClN2/c18-15-5-3-4-14(12-15)13-19-16-6-8-17(9-7-16)20-10-1-2-11-20/h3-9,12,19H,1-2,10-11,13H2. The molecule has 0 aliphatic carbocycles. The Kier molecular flexibility index (Phi) is 4.12. The summed E-state index contributed by atoms with van der Waals surface area (Å²) in [5.41, 5.74) is 3.67. The van der Waals surface area contributed by atoms with E-state index in [0.29, 0.717) is 0 Å². The highest BCUT2D eigenvalue weighted by atomic mass is 35.5. The van der Waals surface area contributed by atoms with Gasteiger partial charge in [-0.15, -0.1) is 0 Å². The molecule has 3 heteroatoms. The van der Waals surface area contributed by atoms with E-state index in [4.69, 9.17) is 11.6 Å². The fourth-order valence-corrected chi connectivity index (χ4v) is 2.83. The molecular weight excluding hydrogens is 268 g/mol. The topological polar surface area (TPSA) is 15.3 Å². The number of rotatable bonds is 4. The van der Waals surface area contributed by atoms with Crippen molar-refractivity contribution in [2.45, 2.75) is 19.4 Å². The summed E-state index contributed by atoms with van der Waals surface area (Å²) in [6.07, 6.45) is 2.63. The summed E-state index contributed by atoms with van der Waals surface area (Å²) in [5, 5.41) is 4.21. The first kappa shape index (κ1) is 13.3. The average molecular weight is 287 g/mol. The molecule has 20 heavy (non-hydrogen) atoms. The Morgan fingerprint density at radius 3 is 2.45 bits per heavy atom. The van der Waals surface area contributed by atoms with Gasteiger partial charge in [-0.2, -0.15) is 0 Å². The van der Waals surface area contributed by atoms with E-state index in [-0.39, 0.29) is 0 Å². The van der Waals surface area contributed by atoms with Gasteiger partial charge in [-0.3, -0.25) is 0 Å². The van der Waals surface area contributed by atoms with Crippen LogP contribution in [-0.4, -0.2) is 13.1 Å². The van der Waals surface area contributed by atoms with Gasteiger partial charge in [0.05, 0.1) is 0 Å². The van der Waals surface area contributed by atoms with Gasteiger partial charge in [-0.25, -0.2) is 0 Å². The summed E-state index contributed by atoms with van der Waals surface area (Å²) in [7, 11) is 0. The van der Waals surface area contributed by atoms with E-state index in [1.807, 2.05) is 18.2 Å². The monoisotopic (exact) mass is 286 g/mol. The summed E-state index contributed by atoms with van der Waals surface area (Å²) in [6, 6.07) is 16.7. The number of halogens is 1. The summed E-state index contributed by atoms with van der Waals surface area (Å²) in [5.74, 6) is 0. The number of hydrogen-bond donors (Lipinski definition) is 1. The molecule has 2 aromatic carbocycles. The average Bonchev–Trinajstić information content (AvgIpc) is 3.00. The maximum absolute atomic E-state index is 5.99. The zero-order chi connectivity index (χ0) is 13.8. The minimum Gasteiger partial charge on any atom is -0.381 e. The molecular formula is C17H19ClN2. The lowest BCUT2D eigenvalue weighted by Crippen LogP contribution is -2.17. The molecule has 0 radical (unpaired) electrons. The zero-order valence-electron chi connectivity index (χ0n) is 11.5. The van der Waals surface area contributed by atoms with Crippen LogP contribution >= 0.6 is 11.6 Å². The quantitative estimate of drug-likeness (QED) is 0.887. The first-order chi connectivity index (χ1) is 9.81. The van der Waals surface area contributed by atoms with Crippen LogP contribution in [0.1, 0.15) is 18.4 Å². The van der Waals surface area contributed by atoms with Crippen molar-refractivity contribution in [3.05, 3.63) is 59.1 Å². The van der Waals surface area contributed by atoms with Gasteiger partial charge in [0.25, 0.3) is 0 Å². The molecule has 1 saturated heterocycles. The Hall–Kier alpha value is -1.67. The highest BCUT2D eigenvalue weighted by molar-refractivity contribution is 6.30. The van der Waals surface area contributed by atoms with Crippen LogP contribution in [-0.2, 0) is 6.54 Å². The largest absolute Gasteiger partial charge is 0.381 e. The van der Waals surface area contributed by atoms with Gasteiger partial charge in [0.15, 0.2) is 0 Å². The molecule has 0 aromatic heterocycles. The Morgan fingerprint density at radius 1 is 1.00 bits per heavy atom. The lowest BCUT2D eigenvalue weighted by molar-refractivity contribution is 0.949. The second kappa shape index (κ2) is 6.19. The van der Waals surface area contributed by atoms with Gasteiger partial charge < -0.3 is 10.2 Å². The number of benzene rings is 2. The molecule has 1 aliphatic heterocycles. The van der Waals surface area contributed by atoms with Crippen LogP contribution in [0.5, 0.6) is 0 Å². The SMILES string of the molecule is Clc1cccc(CNc2ccc(N3CCCC3)cc2)c1. The first-order valence-corrected chi connectivity index (χ1v) is 7.52. The van der Waals surface area contributed by atoms with Crippen molar-refractivity contribution in [3.8, 4) is 0 Å². The molecule has 0 saturated carbocycles. The smallest absolute Gasteiger partial charge is 0.0409 e. The molecule has 0 unspecified atom stereocenters. The highest BCUT2D eigenvalue weighted by Gasteiger charge is 2.11. The van der Waals surface area contributed by atoms with E-state index >= 15 is 0 Å². The predicted molar refractivity (Wildman–Crippen MR) is 86.7 cm³/mol. The van der Waals surface area contributed by atoms with Crippen LogP contribution in [0, 0.1) is 0 Å². The summed E-state index contributed by atoms with van der Waals surface area (Å²) in [6.45, 7) is 3.17. The van der Waals surface area contributed by atoms with E-state index in [9.17, 15) is 0 Å². The Bertz CT molecular complexity index is 559. The van der Waals surface area contributed by atoms with Gasteiger partial charge in [0.1, 0.15) is 0 Å². The number of anilines is 2. The molecule has 1 heterocycles. The number of nitrogens with one attached hydrogen (secondary N) is 1. The maximum atomic E-state index is 5.99. The Morgan fingerprint density at radius 2 is 1.75 bits per heavy atom.